The Balaban J connectivity index is 2.15. The number of alkyl halides is 2. The molecule has 0 fully saturated rings. The van der Waals surface area contributed by atoms with E-state index in [0.29, 0.717) is 9.26 Å². The van der Waals surface area contributed by atoms with Crippen LogP contribution in [-0.4, -0.2) is 12.5 Å². The van der Waals surface area contributed by atoms with Gasteiger partial charge in [-0.2, -0.15) is 8.78 Å². The van der Waals surface area contributed by atoms with Crippen molar-refractivity contribution in [3.8, 4) is 5.75 Å². The third-order valence-corrected chi connectivity index (χ3v) is 3.39. The van der Waals surface area contributed by atoms with Crippen LogP contribution in [0.4, 0.5) is 18.9 Å². The highest BCUT2D eigenvalue weighted by atomic mass is 127. The molecule has 0 atom stereocenters. The van der Waals surface area contributed by atoms with Gasteiger partial charge in [0.15, 0.2) is 0 Å². The number of nitrogens with one attached hydrogen (secondary N) is 1. The summed E-state index contributed by atoms with van der Waals surface area (Å²) in [6, 6.07) is 9.39. The van der Waals surface area contributed by atoms with Crippen LogP contribution in [0.1, 0.15) is 10.4 Å². The summed E-state index contributed by atoms with van der Waals surface area (Å²) in [5, 5.41) is 2.54. The molecule has 21 heavy (non-hydrogen) atoms. The number of amides is 1. The van der Waals surface area contributed by atoms with Crippen molar-refractivity contribution in [2.45, 2.75) is 6.61 Å². The summed E-state index contributed by atoms with van der Waals surface area (Å²) in [5.41, 5.74) is 0.593. The van der Waals surface area contributed by atoms with E-state index in [4.69, 9.17) is 0 Å². The fourth-order valence-corrected chi connectivity index (χ4v) is 2.34. The van der Waals surface area contributed by atoms with Gasteiger partial charge in [0.05, 0.1) is 5.56 Å². The first kappa shape index (κ1) is 15.6. The summed E-state index contributed by atoms with van der Waals surface area (Å²) in [6.07, 6.45) is 0. The molecule has 2 rings (SSSR count). The van der Waals surface area contributed by atoms with E-state index in [0.717, 1.165) is 0 Å². The van der Waals surface area contributed by atoms with Crippen LogP contribution in [0.15, 0.2) is 42.5 Å². The molecule has 2 aromatic rings. The van der Waals surface area contributed by atoms with E-state index >= 15 is 0 Å². The maximum Gasteiger partial charge on any atom is 0.387 e. The topological polar surface area (TPSA) is 38.3 Å². The van der Waals surface area contributed by atoms with Crippen molar-refractivity contribution in [3.05, 3.63) is 57.4 Å². The molecule has 1 amide bonds. The predicted octanol–water partition coefficient (Wildman–Crippen LogP) is 4.28. The Morgan fingerprint density at radius 2 is 1.95 bits per heavy atom. The molecule has 0 aliphatic rings. The van der Waals surface area contributed by atoms with Gasteiger partial charge in [-0.15, -0.1) is 0 Å². The smallest absolute Gasteiger partial charge is 0.387 e. The van der Waals surface area contributed by atoms with Gasteiger partial charge < -0.3 is 10.1 Å². The van der Waals surface area contributed by atoms with Crippen molar-refractivity contribution in [1.82, 2.24) is 0 Å². The lowest BCUT2D eigenvalue weighted by molar-refractivity contribution is -0.0497. The molecular formula is C14H9F3INO2. The molecule has 2 aromatic carbocycles. The summed E-state index contributed by atoms with van der Waals surface area (Å²) < 4.78 is 41.9. The van der Waals surface area contributed by atoms with Crippen molar-refractivity contribution in [2.24, 2.45) is 0 Å². The van der Waals surface area contributed by atoms with Crippen LogP contribution in [0.2, 0.25) is 0 Å². The van der Waals surface area contributed by atoms with Gasteiger partial charge >= 0.3 is 6.61 Å². The van der Waals surface area contributed by atoms with Crippen molar-refractivity contribution >= 4 is 34.2 Å². The summed E-state index contributed by atoms with van der Waals surface area (Å²) in [6.45, 7) is -2.94. The number of ether oxygens (including phenoxy) is 1. The normalized spacial score (nSPS) is 10.5. The summed E-state index contributed by atoms with van der Waals surface area (Å²) in [4.78, 5) is 12.1. The van der Waals surface area contributed by atoms with Crippen LogP contribution in [0.5, 0.6) is 5.75 Å². The molecule has 0 aliphatic carbocycles. The first-order valence-electron chi connectivity index (χ1n) is 5.77. The molecule has 3 nitrogen and oxygen atoms in total. The lowest BCUT2D eigenvalue weighted by Crippen LogP contribution is -2.13. The molecular weight excluding hydrogens is 398 g/mol. The highest BCUT2D eigenvalue weighted by Gasteiger charge is 2.12. The Kier molecular flexibility index (Phi) is 5.05. The molecule has 110 valence electrons. The van der Waals surface area contributed by atoms with Crippen molar-refractivity contribution in [2.75, 3.05) is 5.32 Å². The van der Waals surface area contributed by atoms with Crippen LogP contribution in [0.25, 0.3) is 0 Å². The monoisotopic (exact) mass is 407 g/mol. The Bertz CT molecular complexity index is 664. The van der Waals surface area contributed by atoms with Gasteiger partial charge in [0.25, 0.3) is 5.91 Å². The van der Waals surface area contributed by atoms with Gasteiger partial charge in [0.1, 0.15) is 11.6 Å². The SMILES string of the molecule is O=C(Nc1cccc(OC(F)F)c1)c1ccc(F)cc1I. The van der Waals surface area contributed by atoms with Crippen LogP contribution >= 0.6 is 22.6 Å². The lowest BCUT2D eigenvalue weighted by Gasteiger charge is -2.09. The minimum atomic E-state index is -2.94. The average Bonchev–Trinajstić information content (AvgIpc) is 2.37. The summed E-state index contributed by atoms with van der Waals surface area (Å²) in [7, 11) is 0. The highest BCUT2D eigenvalue weighted by Crippen LogP contribution is 2.21. The number of hydrogen-bond acceptors (Lipinski definition) is 2. The summed E-state index contributed by atoms with van der Waals surface area (Å²) >= 11 is 1.84. The van der Waals surface area contributed by atoms with E-state index in [1.54, 1.807) is 0 Å². The molecule has 0 heterocycles. The van der Waals surface area contributed by atoms with Crippen molar-refractivity contribution in [3.63, 3.8) is 0 Å². The van der Waals surface area contributed by atoms with Crippen LogP contribution in [0.3, 0.4) is 0 Å². The number of carbonyl (C=O) groups is 1. The van der Waals surface area contributed by atoms with Crippen molar-refractivity contribution < 1.29 is 22.7 Å². The molecule has 7 heteroatoms. The van der Waals surface area contributed by atoms with Crippen LogP contribution in [0, 0.1) is 9.39 Å². The van der Waals surface area contributed by atoms with E-state index in [1.165, 1.54) is 42.5 Å². The van der Waals surface area contributed by atoms with Gasteiger partial charge in [0.2, 0.25) is 0 Å². The number of halogens is 4. The highest BCUT2D eigenvalue weighted by molar-refractivity contribution is 14.1. The summed E-state index contributed by atoms with van der Waals surface area (Å²) in [5.74, 6) is -0.964. The number of hydrogen-bond donors (Lipinski definition) is 1. The zero-order valence-corrected chi connectivity index (χ0v) is 12.6. The third-order valence-electron chi connectivity index (χ3n) is 2.49. The number of anilines is 1. The Morgan fingerprint density at radius 1 is 1.19 bits per heavy atom. The van der Waals surface area contributed by atoms with E-state index < -0.39 is 18.3 Å². The average molecular weight is 407 g/mol. The Labute approximate surface area is 132 Å². The van der Waals surface area contributed by atoms with Gasteiger partial charge in [0, 0.05) is 15.3 Å². The maximum absolute atomic E-state index is 13.0. The van der Waals surface area contributed by atoms with Gasteiger partial charge in [-0.05, 0) is 52.9 Å². The zero-order chi connectivity index (χ0) is 15.4. The first-order chi connectivity index (χ1) is 9.95. The number of benzene rings is 2. The fraction of sp³-hybridized carbons (Fsp3) is 0.0714. The maximum atomic E-state index is 13.0. The van der Waals surface area contributed by atoms with Crippen LogP contribution < -0.4 is 10.1 Å². The van der Waals surface area contributed by atoms with E-state index in [1.807, 2.05) is 22.6 Å². The zero-order valence-electron chi connectivity index (χ0n) is 10.4. The van der Waals surface area contributed by atoms with E-state index in [2.05, 4.69) is 10.1 Å². The molecule has 0 saturated carbocycles. The third kappa shape index (κ3) is 4.35. The molecule has 1 N–H and O–H groups in total. The molecule has 0 unspecified atom stereocenters. The first-order valence-corrected chi connectivity index (χ1v) is 6.85. The fourth-order valence-electron chi connectivity index (χ4n) is 1.62. The van der Waals surface area contributed by atoms with Crippen LogP contribution in [-0.2, 0) is 0 Å². The standard InChI is InChI=1S/C14H9F3INO2/c15-8-4-5-11(12(18)6-8)13(20)19-9-2-1-3-10(7-9)21-14(16)17/h1-7,14H,(H,19,20). The second-order valence-electron chi connectivity index (χ2n) is 3.98. The predicted molar refractivity (Wildman–Crippen MR) is 80.1 cm³/mol. The number of rotatable bonds is 4. The minimum Gasteiger partial charge on any atom is -0.435 e. The molecule has 0 saturated heterocycles. The minimum absolute atomic E-state index is 0.0587. The largest absolute Gasteiger partial charge is 0.435 e. The molecule has 0 aromatic heterocycles. The second kappa shape index (κ2) is 6.79. The molecule has 0 radical (unpaired) electrons. The van der Waals surface area contributed by atoms with Gasteiger partial charge in [-0.25, -0.2) is 4.39 Å². The Hall–Kier alpha value is -1.77. The molecule has 0 aliphatic heterocycles. The van der Waals surface area contributed by atoms with Gasteiger partial charge in [-0.1, -0.05) is 6.07 Å². The number of carbonyl (C=O) groups excluding carboxylic acids is 1. The second-order valence-corrected chi connectivity index (χ2v) is 5.15. The molecule has 0 bridgehead atoms. The van der Waals surface area contributed by atoms with E-state index in [9.17, 15) is 18.0 Å². The lowest BCUT2D eigenvalue weighted by atomic mass is 10.2. The van der Waals surface area contributed by atoms with E-state index in [-0.39, 0.29) is 11.3 Å². The van der Waals surface area contributed by atoms with Crippen molar-refractivity contribution in [1.29, 1.82) is 0 Å². The quantitative estimate of drug-likeness (QED) is 0.769. The molecule has 0 spiro atoms. The van der Waals surface area contributed by atoms with Gasteiger partial charge in [-0.3, -0.25) is 4.79 Å². The Morgan fingerprint density at radius 3 is 2.62 bits per heavy atom.